The normalized spacial score (nSPS) is 19.3. The van der Waals surface area contributed by atoms with Crippen LogP contribution in [0.5, 0.6) is 0 Å². The standard InChI is InChI=1S/C17H23N5O/c1-13-16(20-17-10-18-7-5-14(17)12-23)11-19-22(13)15-4-3-8-21(2)9-6-15/h5,7,10-12,15,20H,3-4,6,8-9H2,1-2H3. The number of pyridine rings is 1. The molecule has 0 saturated carbocycles. The molecule has 6 heteroatoms. The van der Waals surface area contributed by atoms with Gasteiger partial charge in [-0.05, 0) is 52.4 Å². The molecule has 3 rings (SSSR count). The molecule has 0 radical (unpaired) electrons. The van der Waals surface area contributed by atoms with E-state index in [-0.39, 0.29) is 0 Å². The molecule has 1 saturated heterocycles. The zero-order valence-corrected chi connectivity index (χ0v) is 13.7. The molecule has 122 valence electrons. The maximum atomic E-state index is 11.1. The Morgan fingerprint density at radius 1 is 1.26 bits per heavy atom. The van der Waals surface area contributed by atoms with Crippen LogP contribution in [-0.4, -0.2) is 46.1 Å². The van der Waals surface area contributed by atoms with Gasteiger partial charge in [0, 0.05) is 11.8 Å². The molecule has 1 aliphatic rings. The summed E-state index contributed by atoms with van der Waals surface area (Å²) in [4.78, 5) is 17.6. The molecule has 1 N–H and O–H groups in total. The Morgan fingerprint density at radius 3 is 2.96 bits per heavy atom. The van der Waals surface area contributed by atoms with Crippen LogP contribution >= 0.6 is 0 Å². The molecule has 1 atom stereocenters. The lowest BCUT2D eigenvalue weighted by atomic mass is 10.1. The molecule has 1 aliphatic heterocycles. The van der Waals surface area contributed by atoms with Gasteiger partial charge in [0.05, 0.1) is 35.5 Å². The molecular formula is C17H23N5O. The van der Waals surface area contributed by atoms with E-state index < -0.39 is 0 Å². The number of aldehydes is 1. The van der Waals surface area contributed by atoms with Crippen molar-refractivity contribution < 1.29 is 4.79 Å². The largest absolute Gasteiger partial charge is 0.351 e. The van der Waals surface area contributed by atoms with Gasteiger partial charge in [-0.15, -0.1) is 0 Å². The molecular weight excluding hydrogens is 290 g/mol. The first kappa shape index (κ1) is 15.7. The van der Waals surface area contributed by atoms with E-state index in [1.165, 1.54) is 6.42 Å². The van der Waals surface area contributed by atoms with Gasteiger partial charge in [-0.3, -0.25) is 14.5 Å². The van der Waals surface area contributed by atoms with Crippen LogP contribution in [0.25, 0.3) is 0 Å². The van der Waals surface area contributed by atoms with E-state index in [4.69, 9.17) is 0 Å². The monoisotopic (exact) mass is 313 g/mol. The zero-order chi connectivity index (χ0) is 16.2. The number of nitrogens with zero attached hydrogens (tertiary/aromatic N) is 4. The average Bonchev–Trinajstić information content (AvgIpc) is 2.78. The van der Waals surface area contributed by atoms with Gasteiger partial charge < -0.3 is 10.2 Å². The highest BCUT2D eigenvalue weighted by molar-refractivity contribution is 5.85. The van der Waals surface area contributed by atoms with E-state index in [2.05, 4.69) is 39.0 Å². The fraction of sp³-hybridized carbons (Fsp3) is 0.471. The number of aromatic nitrogens is 3. The number of hydrogen-bond donors (Lipinski definition) is 1. The van der Waals surface area contributed by atoms with E-state index in [9.17, 15) is 4.79 Å². The average molecular weight is 313 g/mol. The van der Waals surface area contributed by atoms with E-state index in [0.29, 0.717) is 17.3 Å². The number of carbonyl (C=O) groups excluding carboxylic acids is 1. The van der Waals surface area contributed by atoms with Crippen molar-refractivity contribution in [2.24, 2.45) is 0 Å². The van der Waals surface area contributed by atoms with E-state index >= 15 is 0 Å². The molecule has 0 aromatic carbocycles. The number of rotatable bonds is 4. The second-order valence-corrected chi connectivity index (χ2v) is 6.18. The van der Waals surface area contributed by atoms with Gasteiger partial charge in [-0.2, -0.15) is 5.10 Å². The summed E-state index contributed by atoms with van der Waals surface area (Å²) >= 11 is 0. The molecule has 1 unspecified atom stereocenters. The van der Waals surface area contributed by atoms with Crippen molar-refractivity contribution in [3.63, 3.8) is 0 Å². The first-order valence-corrected chi connectivity index (χ1v) is 8.08. The lowest BCUT2D eigenvalue weighted by molar-refractivity contribution is 0.112. The summed E-state index contributed by atoms with van der Waals surface area (Å²) in [5, 5.41) is 7.87. The van der Waals surface area contributed by atoms with Crippen molar-refractivity contribution in [1.29, 1.82) is 0 Å². The summed E-state index contributed by atoms with van der Waals surface area (Å²) in [5.41, 5.74) is 3.34. The highest BCUT2D eigenvalue weighted by Gasteiger charge is 2.20. The predicted octanol–water partition coefficient (Wildman–Crippen LogP) is 2.80. The number of likely N-dealkylation sites (tertiary alicyclic amines) is 1. The van der Waals surface area contributed by atoms with Crippen molar-refractivity contribution in [3.05, 3.63) is 35.9 Å². The van der Waals surface area contributed by atoms with Crippen LogP contribution in [-0.2, 0) is 0 Å². The van der Waals surface area contributed by atoms with E-state index in [1.807, 2.05) is 6.20 Å². The molecule has 6 nitrogen and oxygen atoms in total. The van der Waals surface area contributed by atoms with Crippen LogP contribution in [0.15, 0.2) is 24.7 Å². The highest BCUT2D eigenvalue weighted by atomic mass is 16.1. The summed E-state index contributed by atoms with van der Waals surface area (Å²) in [6.07, 6.45) is 9.43. The second kappa shape index (κ2) is 6.91. The molecule has 2 aromatic rings. The molecule has 0 spiro atoms. The number of carbonyl (C=O) groups is 1. The number of anilines is 2. The van der Waals surface area contributed by atoms with Gasteiger partial charge in [0.25, 0.3) is 0 Å². The van der Waals surface area contributed by atoms with Crippen molar-refractivity contribution in [2.45, 2.75) is 32.2 Å². The smallest absolute Gasteiger partial charge is 0.152 e. The Labute approximate surface area is 136 Å². The van der Waals surface area contributed by atoms with Crippen LogP contribution in [0, 0.1) is 6.92 Å². The Balaban J connectivity index is 1.80. The molecule has 2 aromatic heterocycles. The summed E-state index contributed by atoms with van der Waals surface area (Å²) in [5.74, 6) is 0. The van der Waals surface area contributed by atoms with Gasteiger partial charge >= 0.3 is 0 Å². The highest BCUT2D eigenvalue weighted by Crippen LogP contribution is 2.28. The topological polar surface area (TPSA) is 63.1 Å². The fourth-order valence-corrected chi connectivity index (χ4v) is 3.14. The van der Waals surface area contributed by atoms with Crippen molar-refractivity contribution in [2.75, 3.05) is 25.5 Å². The van der Waals surface area contributed by atoms with Crippen LogP contribution < -0.4 is 5.32 Å². The molecule has 3 heterocycles. The molecule has 0 aliphatic carbocycles. The Hall–Kier alpha value is -2.21. The molecule has 0 amide bonds. The summed E-state index contributed by atoms with van der Waals surface area (Å²) in [7, 11) is 2.18. The Bertz CT molecular complexity index is 681. The van der Waals surface area contributed by atoms with Gasteiger partial charge in [-0.1, -0.05) is 0 Å². The third-order valence-electron chi connectivity index (χ3n) is 4.56. The van der Waals surface area contributed by atoms with Crippen LogP contribution in [0.4, 0.5) is 11.4 Å². The van der Waals surface area contributed by atoms with E-state index in [1.54, 1.807) is 18.5 Å². The third-order valence-corrected chi connectivity index (χ3v) is 4.56. The molecule has 0 bridgehead atoms. The van der Waals surface area contributed by atoms with E-state index in [0.717, 1.165) is 43.6 Å². The zero-order valence-electron chi connectivity index (χ0n) is 13.7. The Morgan fingerprint density at radius 2 is 2.13 bits per heavy atom. The summed E-state index contributed by atoms with van der Waals surface area (Å²) in [6.45, 7) is 4.33. The van der Waals surface area contributed by atoms with Gasteiger partial charge in [0.2, 0.25) is 0 Å². The minimum atomic E-state index is 0.440. The summed E-state index contributed by atoms with van der Waals surface area (Å²) in [6, 6.07) is 2.14. The van der Waals surface area contributed by atoms with Gasteiger partial charge in [0.1, 0.15) is 0 Å². The van der Waals surface area contributed by atoms with Crippen LogP contribution in [0.2, 0.25) is 0 Å². The van der Waals surface area contributed by atoms with Gasteiger partial charge in [-0.25, -0.2) is 0 Å². The van der Waals surface area contributed by atoms with Gasteiger partial charge in [0.15, 0.2) is 6.29 Å². The quantitative estimate of drug-likeness (QED) is 0.879. The first-order chi connectivity index (χ1) is 11.2. The lowest BCUT2D eigenvalue weighted by Gasteiger charge is -2.17. The molecule has 1 fully saturated rings. The lowest BCUT2D eigenvalue weighted by Crippen LogP contribution is -2.19. The third kappa shape index (κ3) is 3.42. The second-order valence-electron chi connectivity index (χ2n) is 6.18. The van der Waals surface area contributed by atoms with Crippen molar-refractivity contribution in [1.82, 2.24) is 19.7 Å². The number of nitrogens with one attached hydrogen (secondary N) is 1. The number of hydrogen-bond acceptors (Lipinski definition) is 5. The maximum Gasteiger partial charge on any atom is 0.152 e. The first-order valence-electron chi connectivity index (χ1n) is 8.08. The maximum absolute atomic E-state index is 11.1. The van der Waals surface area contributed by atoms with Crippen LogP contribution in [0.1, 0.15) is 41.4 Å². The van der Waals surface area contributed by atoms with Crippen molar-refractivity contribution >= 4 is 17.7 Å². The minimum Gasteiger partial charge on any atom is -0.351 e. The summed E-state index contributed by atoms with van der Waals surface area (Å²) < 4.78 is 2.12. The SMILES string of the molecule is Cc1c(Nc2cnccc2C=O)cnn1C1CCCN(C)CC1. The fourth-order valence-electron chi connectivity index (χ4n) is 3.14. The minimum absolute atomic E-state index is 0.440. The molecule has 23 heavy (non-hydrogen) atoms. The van der Waals surface area contributed by atoms with Crippen molar-refractivity contribution in [3.8, 4) is 0 Å². The predicted molar refractivity (Wildman–Crippen MR) is 90.3 cm³/mol. The Kier molecular flexibility index (Phi) is 4.71. The van der Waals surface area contributed by atoms with Crippen LogP contribution in [0.3, 0.4) is 0 Å².